The van der Waals surface area contributed by atoms with Crippen molar-refractivity contribution < 1.29 is 9.52 Å². The van der Waals surface area contributed by atoms with Gasteiger partial charge in [-0.05, 0) is 18.2 Å². The van der Waals surface area contributed by atoms with Gasteiger partial charge in [0.2, 0.25) is 11.5 Å². The summed E-state index contributed by atoms with van der Waals surface area (Å²) >= 11 is 0. The summed E-state index contributed by atoms with van der Waals surface area (Å²) in [5, 5.41) is 11.6. The molecule has 0 N–H and O–H groups in total. The minimum atomic E-state index is -0.175. The zero-order chi connectivity index (χ0) is 10.4. The minimum absolute atomic E-state index is 0.175. The maximum Gasteiger partial charge on any atom is 0.237 e. The topological polar surface area (TPSA) is 56.9 Å². The number of carbonyl (C=O) groups is 1. The van der Waals surface area contributed by atoms with Gasteiger partial charge in [0.15, 0.2) is 6.20 Å². The lowest BCUT2D eigenvalue weighted by Crippen LogP contribution is -2.28. The molecule has 0 atom stereocenters. The molecule has 1 aliphatic rings. The number of fused-ring (bicyclic) bond motifs is 3. The lowest BCUT2D eigenvalue weighted by atomic mass is 10.2. The van der Waals surface area contributed by atoms with Crippen molar-refractivity contribution >= 4 is 5.78 Å². The Morgan fingerprint density at radius 2 is 2.00 bits per heavy atom. The van der Waals surface area contributed by atoms with Crippen molar-refractivity contribution in [3.05, 3.63) is 53.1 Å². The Morgan fingerprint density at radius 1 is 1.20 bits per heavy atom. The third kappa shape index (κ3) is 0.929. The molecule has 0 aliphatic heterocycles. The molecule has 4 nitrogen and oxygen atoms in total. The molecule has 0 aromatic carbocycles. The zero-order valence-corrected chi connectivity index (χ0v) is 7.68. The second-order valence-electron chi connectivity index (χ2n) is 3.32. The summed E-state index contributed by atoms with van der Waals surface area (Å²) in [5.74, 6) is -0.175. The average Bonchev–Trinajstić information content (AvgIpc) is 2.55. The summed E-state index contributed by atoms with van der Waals surface area (Å²) < 4.78 is 0.709. The van der Waals surface area contributed by atoms with Crippen LogP contribution in [0.5, 0.6) is 0 Å². The van der Waals surface area contributed by atoms with E-state index in [4.69, 9.17) is 0 Å². The maximum absolute atomic E-state index is 11.8. The van der Waals surface area contributed by atoms with Crippen LogP contribution < -0.4 is 4.73 Å². The second kappa shape index (κ2) is 2.63. The largest absolute Gasteiger partial charge is 0.618 e. The molecule has 72 valence electrons. The fourth-order valence-electron chi connectivity index (χ4n) is 1.84. The summed E-state index contributed by atoms with van der Waals surface area (Å²) in [6, 6.07) is 6.66. The van der Waals surface area contributed by atoms with Gasteiger partial charge in [-0.2, -0.15) is 4.73 Å². The summed E-state index contributed by atoms with van der Waals surface area (Å²) in [7, 11) is 0. The van der Waals surface area contributed by atoms with Gasteiger partial charge in [-0.25, -0.2) is 0 Å². The molecule has 15 heavy (non-hydrogen) atoms. The Morgan fingerprint density at radius 3 is 2.87 bits per heavy atom. The third-order valence-corrected chi connectivity index (χ3v) is 2.48. The van der Waals surface area contributed by atoms with Crippen molar-refractivity contribution in [2.45, 2.75) is 0 Å². The van der Waals surface area contributed by atoms with E-state index in [0.29, 0.717) is 27.2 Å². The highest BCUT2D eigenvalue weighted by Gasteiger charge is 2.33. The molecule has 0 fully saturated rings. The lowest BCUT2D eigenvalue weighted by molar-refractivity contribution is -0.593. The SMILES string of the molecule is O=C1c2ccc[n+]([O-])c2-c2cccnc21. The van der Waals surface area contributed by atoms with E-state index in [9.17, 15) is 10.0 Å². The molecule has 0 unspecified atom stereocenters. The van der Waals surface area contributed by atoms with E-state index >= 15 is 0 Å². The average molecular weight is 198 g/mol. The van der Waals surface area contributed by atoms with Crippen LogP contribution in [0.4, 0.5) is 0 Å². The molecular formula is C11H6N2O2. The Balaban J connectivity index is 2.45. The molecular weight excluding hydrogens is 192 g/mol. The molecule has 4 heteroatoms. The van der Waals surface area contributed by atoms with Gasteiger partial charge in [-0.3, -0.25) is 9.78 Å². The number of hydrogen-bond acceptors (Lipinski definition) is 3. The number of carbonyl (C=O) groups excluding carboxylic acids is 1. The van der Waals surface area contributed by atoms with E-state index in [0.717, 1.165) is 0 Å². The highest BCUT2D eigenvalue weighted by Crippen LogP contribution is 2.31. The van der Waals surface area contributed by atoms with Crippen LogP contribution in [0, 0.1) is 5.21 Å². The number of rotatable bonds is 0. The van der Waals surface area contributed by atoms with Gasteiger partial charge < -0.3 is 5.21 Å². The van der Waals surface area contributed by atoms with E-state index in [-0.39, 0.29) is 5.78 Å². The van der Waals surface area contributed by atoms with Crippen LogP contribution in [-0.4, -0.2) is 10.8 Å². The molecule has 0 bridgehead atoms. The number of nitrogens with zero attached hydrogens (tertiary/aromatic N) is 2. The standard InChI is InChI=1S/C11H6N2O2/c14-11-8-4-2-6-13(15)10(8)7-3-1-5-12-9(7)11/h1-6H. The van der Waals surface area contributed by atoms with Gasteiger partial charge in [0, 0.05) is 12.3 Å². The number of aromatic nitrogens is 2. The van der Waals surface area contributed by atoms with Crippen LogP contribution >= 0.6 is 0 Å². The van der Waals surface area contributed by atoms with E-state index in [1.807, 2.05) is 0 Å². The van der Waals surface area contributed by atoms with Crippen molar-refractivity contribution in [3.63, 3.8) is 0 Å². The smallest absolute Gasteiger partial charge is 0.237 e. The van der Waals surface area contributed by atoms with Crippen LogP contribution in [-0.2, 0) is 0 Å². The molecule has 0 spiro atoms. The fourth-order valence-corrected chi connectivity index (χ4v) is 1.84. The number of pyridine rings is 2. The van der Waals surface area contributed by atoms with Crippen molar-refractivity contribution in [2.75, 3.05) is 0 Å². The van der Waals surface area contributed by atoms with Gasteiger partial charge in [0.25, 0.3) is 0 Å². The third-order valence-electron chi connectivity index (χ3n) is 2.48. The Hall–Kier alpha value is -2.23. The summed E-state index contributed by atoms with van der Waals surface area (Å²) in [5.41, 5.74) is 1.82. The molecule has 0 saturated heterocycles. The van der Waals surface area contributed by atoms with Gasteiger partial charge in [0.1, 0.15) is 5.69 Å². The number of ketones is 1. The first-order valence-electron chi connectivity index (χ1n) is 4.51. The normalized spacial score (nSPS) is 12.4. The molecule has 0 amide bonds. The van der Waals surface area contributed by atoms with Crippen molar-refractivity contribution in [1.29, 1.82) is 0 Å². The van der Waals surface area contributed by atoms with E-state index < -0.39 is 0 Å². The number of hydrogen-bond donors (Lipinski definition) is 0. The van der Waals surface area contributed by atoms with Crippen molar-refractivity contribution in [3.8, 4) is 11.3 Å². The van der Waals surface area contributed by atoms with E-state index in [1.54, 1.807) is 30.5 Å². The van der Waals surface area contributed by atoms with Gasteiger partial charge in [-0.1, -0.05) is 0 Å². The Labute approximate surface area is 85.4 Å². The summed E-state index contributed by atoms with van der Waals surface area (Å²) in [6.45, 7) is 0. The summed E-state index contributed by atoms with van der Waals surface area (Å²) in [4.78, 5) is 15.8. The summed E-state index contributed by atoms with van der Waals surface area (Å²) in [6.07, 6.45) is 2.94. The Bertz CT molecular complexity index is 579. The molecule has 0 saturated carbocycles. The van der Waals surface area contributed by atoms with Crippen LogP contribution in [0.15, 0.2) is 36.7 Å². The first kappa shape index (κ1) is 8.11. The fraction of sp³-hybridized carbons (Fsp3) is 0. The first-order chi connectivity index (χ1) is 7.29. The minimum Gasteiger partial charge on any atom is -0.618 e. The van der Waals surface area contributed by atoms with Crippen molar-refractivity contribution in [1.82, 2.24) is 4.98 Å². The quantitative estimate of drug-likeness (QED) is 0.398. The van der Waals surface area contributed by atoms with Crippen molar-refractivity contribution in [2.24, 2.45) is 0 Å². The van der Waals surface area contributed by atoms with E-state index in [1.165, 1.54) is 6.20 Å². The molecule has 2 aromatic rings. The first-order valence-corrected chi connectivity index (χ1v) is 4.51. The highest BCUT2D eigenvalue weighted by molar-refractivity contribution is 6.19. The predicted molar refractivity (Wildman–Crippen MR) is 52.1 cm³/mol. The van der Waals surface area contributed by atoms with Crippen LogP contribution in [0.3, 0.4) is 0 Å². The lowest BCUT2D eigenvalue weighted by Gasteiger charge is -2.00. The molecule has 1 aliphatic carbocycles. The van der Waals surface area contributed by atoms with Gasteiger partial charge >= 0.3 is 0 Å². The molecule has 2 heterocycles. The Kier molecular flexibility index (Phi) is 1.42. The molecule has 3 rings (SSSR count). The van der Waals surface area contributed by atoms with Crippen LogP contribution in [0.25, 0.3) is 11.3 Å². The maximum atomic E-state index is 11.8. The van der Waals surface area contributed by atoms with E-state index in [2.05, 4.69) is 4.98 Å². The van der Waals surface area contributed by atoms with Crippen LogP contribution in [0.2, 0.25) is 0 Å². The zero-order valence-electron chi connectivity index (χ0n) is 7.68. The molecule has 2 aromatic heterocycles. The van der Waals surface area contributed by atoms with Gasteiger partial charge in [0.05, 0.1) is 11.1 Å². The van der Waals surface area contributed by atoms with Gasteiger partial charge in [-0.15, -0.1) is 0 Å². The van der Waals surface area contributed by atoms with Crippen LogP contribution in [0.1, 0.15) is 16.1 Å². The highest BCUT2D eigenvalue weighted by atomic mass is 16.5. The second-order valence-corrected chi connectivity index (χ2v) is 3.32. The predicted octanol–water partition coefficient (Wildman–Crippen LogP) is 0.926. The molecule has 0 radical (unpaired) electrons. The monoisotopic (exact) mass is 198 g/mol.